The molecule has 0 radical (unpaired) electrons. The first-order chi connectivity index (χ1) is 6.40. The quantitative estimate of drug-likeness (QED) is 0.784. The van der Waals surface area contributed by atoms with Gasteiger partial charge in [-0.25, -0.2) is 0 Å². The molecule has 0 amide bonds. The fourth-order valence-corrected chi connectivity index (χ4v) is 2.35. The Kier molecular flexibility index (Phi) is 2.98. The van der Waals surface area contributed by atoms with Gasteiger partial charge < -0.3 is 10.1 Å². The Morgan fingerprint density at radius 3 is 3.23 bits per heavy atom. The van der Waals surface area contributed by atoms with Gasteiger partial charge in [0.1, 0.15) is 6.10 Å². The van der Waals surface area contributed by atoms with E-state index >= 15 is 0 Å². The summed E-state index contributed by atoms with van der Waals surface area (Å²) in [5, 5.41) is 5.51. The molecular formula is C10H15NOS. The molecule has 1 saturated heterocycles. The first-order valence-corrected chi connectivity index (χ1v) is 5.67. The van der Waals surface area contributed by atoms with Crippen LogP contribution in [0.2, 0.25) is 0 Å². The lowest BCUT2D eigenvalue weighted by atomic mass is 10.2. The lowest BCUT2D eigenvalue weighted by molar-refractivity contribution is -0.0382. The Morgan fingerprint density at radius 1 is 1.62 bits per heavy atom. The molecule has 1 aromatic rings. The second-order valence-corrected chi connectivity index (χ2v) is 4.31. The molecule has 0 bridgehead atoms. The highest BCUT2D eigenvalue weighted by molar-refractivity contribution is 7.10. The van der Waals surface area contributed by atoms with Crippen LogP contribution in [-0.2, 0) is 4.74 Å². The highest BCUT2D eigenvalue weighted by Crippen LogP contribution is 2.25. The molecule has 13 heavy (non-hydrogen) atoms. The molecule has 0 aromatic carbocycles. The summed E-state index contributed by atoms with van der Waals surface area (Å²) in [6.07, 6.45) is 1.76. The van der Waals surface area contributed by atoms with Gasteiger partial charge in [-0.3, -0.25) is 0 Å². The number of rotatable bonds is 2. The molecule has 2 rings (SSSR count). The van der Waals surface area contributed by atoms with Crippen molar-refractivity contribution in [1.29, 1.82) is 0 Å². The maximum absolute atomic E-state index is 5.93. The molecule has 0 spiro atoms. The van der Waals surface area contributed by atoms with E-state index in [-0.39, 0.29) is 6.10 Å². The second kappa shape index (κ2) is 4.22. The van der Waals surface area contributed by atoms with Crippen molar-refractivity contribution >= 4 is 11.3 Å². The second-order valence-electron chi connectivity index (χ2n) is 3.33. The average molecular weight is 197 g/mol. The number of hydrogen-bond donors (Lipinski definition) is 1. The van der Waals surface area contributed by atoms with Crippen molar-refractivity contribution in [3.8, 4) is 0 Å². The van der Waals surface area contributed by atoms with Gasteiger partial charge in [0.2, 0.25) is 0 Å². The van der Waals surface area contributed by atoms with Gasteiger partial charge in [-0.15, -0.1) is 11.3 Å². The highest BCUT2D eigenvalue weighted by atomic mass is 32.1. The van der Waals surface area contributed by atoms with E-state index in [4.69, 9.17) is 4.74 Å². The van der Waals surface area contributed by atoms with Crippen LogP contribution in [-0.4, -0.2) is 19.2 Å². The molecule has 1 aromatic heterocycles. The van der Waals surface area contributed by atoms with Crippen LogP contribution in [0, 0.1) is 0 Å². The SMILES string of the molecule is CCC1CNCC(c2cccs2)O1. The zero-order chi connectivity index (χ0) is 9.10. The van der Waals surface area contributed by atoms with Gasteiger partial charge in [0, 0.05) is 18.0 Å². The monoisotopic (exact) mass is 197 g/mol. The summed E-state index contributed by atoms with van der Waals surface area (Å²) >= 11 is 1.78. The van der Waals surface area contributed by atoms with Crippen LogP contribution in [0.4, 0.5) is 0 Å². The van der Waals surface area contributed by atoms with Gasteiger partial charge >= 0.3 is 0 Å². The fourth-order valence-electron chi connectivity index (χ4n) is 1.59. The van der Waals surface area contributed by atoms with Crippen LogP contribution >= 0.6 is 11.3 Å². The van der Waals surface area contributed by atoms with Gasteiger partial charge in [0.25, 0.3) is 0 Å². The van der Waals surface area contributed by atoms with E-state index in [1.165, 1.54) is 4.88 Å². The maximum atomic E-state index is 5.93. The zero-order valence-corrected chi connectivity index (χ0v) is 8.64. The third kappa shape index (κ3) is 2.10. The maximum Gasteiger partial charge on any atom is 0.104 e. The summed E-state index contributed by atoms with van der Waals surface area (Å²) < 4.78 is 5.93. The van der Waals surface area contributed by atoms with E-state index in [0.29, 0.717) is 6.10 Å². The summed E-state index contributed by atoms with van der Waals surface area (Å²) in [4.78, 5) is 1.34. The molecule has 2 unspecified atom stereocenters. The van der Waals surface area contributed by atoms with Crippen molar-refractivity contribution < 1.29 is 4.74 Å². The Balaban J connectivity index is 2.00. The molecule has 1 aliphatic rings. The number of ether oxygens (including phenoxy) is 1. The molecule has 3 heteroatoms. The third-order valence-electron chi connectivity index (χ3n) is 2.37. The van der Waals surface area contributed by atoms with E-state index in [9.17, 15) is 0 Å². The van der Waals surface area contributed by atoms with Gasteiger partial charge in [-0.1, -0.05) is 13.0 Å². The normalized spacial score (nSPS) is 29.0. The van der Waals surface area contributed by atoms with E-state index < -0.39 is 0 Å². The van der Waals surface area contributed by atoms with Crippen molar-refractivity contribution in [2.75, 3.05) is 13.1 Å². The number of morpholine rings is 1. The molecule has 0 aliphatic carbocycles. The number of hydrogen-bond acceptors (Lipinski definition) is 3. The molecule has 1 N–H and O–H groups in total. The van der Waals surface area contributed by atoms with Crippen LogP contribution in [0.1, 0.15) is 24.3 Å². The summed E-state index contributed by atoms with van der Waals surface area (Å²) in [6.45, 7) is 4.12. The molecule has 2 heterocycles. The van der Waals surface area contributed by atoms with Crippen LogP contribution in [0.15, 0.2) is 17.5 Å². The molecule has 2 nitrogen and oxygen atoms in total. The minimum absolute atomic E-state index is 0.277. The van der Waals surface area contributed by atoms with E-state index in [2.05, 4.69) is 29.8 Å². The van der Waals surface area contributed by atoms with E-state index in [0.717, 1.165) is 19.5 Å². The Labute approximate surface area is 82.9 Å². The van der Waals surface area contributed by atoms with Gasteiger partial charge in [0.05, 0.1) is 6.10 Å². The molecular weight excluding hydrogens is 182 g/mol. The Hall–Kier alpha value is -0.380. The van der Waals surface area contributed by atoms with Crippen LogP contribution < -0.4 is 5.32 Å². The largest absolute Gasteiger partial charge is 0.367 e. The van der Waals surface area contributed by atoms with Gasteiger partial charge in [-0.2, -0.15) is 0 Å². The van der Waals surface area contributed by atoms with Crippen molar-refractivity contribution in [3.63, 3.8) is 0 Å². The van der Waals surface area contributed by atoms with Crippen molar-refractivity contribution in [3.05, 3.63) is 22.4 Å². The summed E-state index contributed by atoms with van der Waals surface area (Å²) in [7, 11) is 0. The number of nitrogens with one attached hydrogen (secondary N) is 1. The van der Waals surface area contributed by atoms with Crippen molar-refractivity contribution in [2.45, 2.75) is 25.6 Å². The third-order valence-corrected chi connectivity index (χ3v) is 3.34. The standard InChI is InChI=1S/C10H15NOS/c1-2-8-6-11-7-9(12-8)10-4-3-5-13-10/h3-5,8-9,11H,2,6-7H2,1H3. The first kappa shape index (κ1) is 9.19. The predicted molar refractivity (Wildman–Crippen MR) is 55.1 cm³/mol. The minimum atomic E-state index is 0.277. The van der Waals surface area contributed by atoms with Crippen LogP contribution in [0.3, 0.4) is 0 Å². The highest BCUT2D eigenvalue weighted by Gasteiger charge is 2.22. The Bertz CT molecular complexity index is 247. The zero-order valence-electron chi connectivity index (χ0n) is 7.82. The minimum Gasteiger partial charge on any atom is -0.367 e. The molecule has 2 atom stereocenters. The van der Waals surface area contributed by atoms with Crippen LogP contribution in [0.25, 0.3) is 0 Å². The van der Waals surface area contributed by atoms with Crippen molar-refractivity contribution in [1.82, 2.24) is 5.32 Å². The summed E-state index contributed by atoms with van der Waals surface area (Å²) in [5.74, 6) is 0. The first-order valence-electron chi connectivity index (χ1n) is 4.79. The fraction of sp³-hybridized carbons (Fsp3) is 0.600. The molecule has 0 saturated carbocycles. The predicted octanol–water partition coefficient (Wildman–Crippen LogP) is 2.19. The molecule has 72 valence electrons. The topological polar surface area (TPSA) is 21.3 Å². The molecule has 1 fully saturated rings. The lowest BCUT2D eigenvalue weighted by Crippen LogP contribution is -2.39. The summed E-state index contributed by atoms with van der Waals surface area (Å²) in [6, 6.07) is 4.23. The number of thiophene rings is 1. The average Bonchev–Trinajstić information content (AvgIpc) is 2.71. The van der Waals surface area contributed by atoms with Gasteiger partial charge in [0.15, 0.2) is 0 Å². The summed E-state index contributed by atoms with van der Waals surface area (Å²) in [5.41, 5.74) is 0. The smallest absolute Gasteiger partial charge is 0.104 e. The van der Waals surface area contributed by atoms with E-state index in [1.807, 2.05) is 0 Å². The van der Waals surface area contributed by atoms with Crippen molar-refractivity contribution in [2.24, 2.45) is 0 Å². The van der Waals surface area contributed by atoms with E-state index in [1.54, 1.807) is 11.3 Å². The Morgan fingerprint density at radius 2 is 2.54 bits per heavy atom. The molecule has 1 aliphatic heterocycles. The lowest BCUT2D eigenvalue weighted by Gasteiger charge is -2.29. The van der Waals surface area contributed by atoms with Crippen LogP contribution in [0.5, 0.6) is 0 Å². The van der Waals surface area contributed by atoms with Gasteiger partial charge in [-0.05, 0) is 17.9 Å².